The number of nitrogens with one attached hydrogen (secondary N) is 1. The second kappa shape index (κ2) is 7.67. The molecule has 0 radical (unpaired) electrons. The summed E-state index contributed by atoms with van der Waals surface area (Å²) in [4.78, 5) is 26.5. The molecule has 1 rings (SSSR count). The maximum atomic E-state index is 11.8. The van der Waals surface area contributed by atoms with Crippen molar-refractivity contribution in [1.29, 1.82) is 0 Å². The number of carboxylic acid groups (broad SMARTS) is 1. The predicted octanol–water partition coefficient (Wildman–Crippen LogP) is -4.28. The summed E-state index contributed by atoms with van der Waals surface area (Å²) in [5, 5.41) is 13.4. The van der Waals surface area contributed by atoms with E-state index in [4.69, 9.17) is 0 Å². The summed E-state index contributed by atoms with van der Waals surface area (Å²) in [5.74, 6) is -1.42. The zero-order chi connectivity index (χ0) is 13.0. The molecule has 0 spiro atoms. The molecule has 0 aliphatic carbocycles. The van der Waals surface area contributed by atoms with Crippen molar-refractivity contribution in [3.63, 3.8) is 0 Å². The SMILES string of the molecule is CC(C)[C@H](NC(=O)N1CCN(C)CC1)C(=O)[O-].[Li+]. The van der Waals surface area contributed by atoms with Crippen LogP contribution >= 0.6 is 0 Å². The van der Waals surface area contributed by atoms with Crippen molar-refractivity contribution in [3.8, 4) is 0 Å². The van der Waals surface area contributed by atoms with Crippen LogP contribution in [0.2, 0.25) is 0 Å². The van der Waals surface area contributed by atoms with Gasteiger partial charge in [0.25, 0.3) is 0 Å². The molecule has 1 atom stereocenters. The van der Waals surface area contributed by atoms with Crippen LogP contribution in [0.4, 0.5) is 4.79 Å². The molecule has 0 saturated carbocycles. The molecule has 1 aliphatic rings. The van der Waals surface area contributed by atoms with Gasteiger partial charge < -0.3 is 25.0 Å². The Balaban J connectivity index is 0.00000289. The molecule has 1 aliphatic heterocycles. The Morgan fingerprint density at radius 2 is 1.67 bits per heavy atom. The quantitative estimate of drug-likeness (QED) is 0.514. The molecule has 0 aromatic heterocycles. The van der Waals surface area contributed by atoms with Gasteiger partial charge in [-0.1, -0.05) is 13.8 Å². The summed E-state index contributed by atoms with van der Waals surface area (Å²) in [5.41, 5.74) is 0. The maximum absolute atomic E-state index is 11.8. The minimum Gasteiger partial charge on any atom is -0.548 e. The Hall–Kier alpha value is -0.703. The van der Waals surface area contributed by atoms with E-state index in [9.17, 15) is 14.7 Å². The van der Waals surface area contributed by atoms with Crippen molar-refractivity contribution < 1.29 is 33.6 Å². The smallest absolute Gasteiger partial charge is 0.548 e. The zero-order valence-corrected chi connectivity index (χ0v) is 11.6. The van der Waals surface area contributed by atoms with Crippen LogP contribution in [-0.2, 0) is 4.79 Å². The number of amides is 2. The molecule has 98 valence electrons. The molecule has 1 saturated heterocycles. The fourth-order valence-corrected chi connectivity index (χ4v) is 1.73. The molecular formula is C11H20LiN3O3. The van der Waals surface area contributed by atoms with Crippen LogP contribution in [0.1, 0.15) is 13.8 Å². The third-order valence-corrected chi connectivity index (χ3v) is 2.99. The van der Waals surface area contributed by atoms with Gasteiger partial charge in [0.2, 0.25) is 0 Å². The fraction of sp³-hybridized carbons (Fsp3) is 0.818. The second-order valence-corrected chi connectivity index (χ2v) is 4.78. The second-order valence-electron chi connectivity index (χ2n) is 4.78. The van der Waals surface area contributed by atoms with Crippen LogP contribution in [0.15, 0.2) is 0 Å². The van der Waals surface area contributed by atoms with Gasteiger partial charge in [0.05, 0.1) is 12.0 Å². The van der Waals surface area contributed by atoms with Gasteiger partial charge in [0, 0.05) is 26.2 Å². The van der Waals surface area contributed by atoms with E-state index in [0.717, 1.165) is 13.1 Å². The van der Waals surface area contributed by atoms with Gasteiger partial charge >= 0.3 is 24.9 Å². The summed E-state index contributed by atoms with van der Waals surface area (Å²) in [7, 11) is 1.99. The number of rotatable bonds is 3. The molecule has 0 aromatic carbocycles. The first-order valence-corrected chi connectivity index (χ1v) is 5.86. The fourth-order valence-electron chi connectivity index (χ4n) is 1.73. The number of carbonyl (C=O) groups is 2. The van der Waals surface area contributed by atoms with E-state index in [-0.39, 0.29) is 30.8 Å². The van der Waals surface area contributed by atoms with Crippen molar-refractivity contribution in [1.82, 2.24) is 15.1 Å². The molecule has 1 heterocycles. The van der Waals surface area contributed by atoms with Crippen molar-refractivity contribution in [2.45, 2.75) is 19.9 Å². The van der Waals surface area contributed by atoms with E-state index in [1.807, 2.05) is 7.05 Å². The molecule has 0 unspecified atom stereocenters. The van der Waals surface area contributed by atoms with E-state index in [2.05, 4.69) is 10.2 Å². The molecule has 2 amide bonds. The Morgan fingerprint density at radius 3 is 2.06 bits per heavy atom. The Bertz CT molecular complexity index is 291. The monoisotopic (exact) mass is 249 g/mol. The van der Waals surface area contributed by atoms with Crippen LogP contribution in [-0.4, -0.2) is 61.1 Å². The normalized spacial score (nSPS) is 18.1. The average Bonchev–Trinajstić information content (AvgIpc) is 2.25. The molecule has 1 N–H and O–H groups in total. The van der Waals surface area contributed by atoms with Crippen LogP contribution in [0.3, 0.4) is 0 Å². The minimum absolute atomic E-state index is 0. The first kappa shape index (κ1) is 17.3. The number of urea groups is 1. The van der Waals surface area contributed by atoms with Crippen molar-refractivity contribution >= 4 is 12.0 Å². The summed E-state index contributed by atoms with van der Waals surface area (Å²) in [6.45, 7) is 6.35. The number of carbonyl (C=O) groups excluding carboxylic acids is 2. The average molecular weight is 249 g/mol. The number of piperazine rings is 1. The predicted molar refractivity (Wildman–Crippen MR) is 61.2 cm³/mol. The first-order chi connectivity index (χ1) is 7.91. The Kier molecular flexibility index (Phi) is 7.37. The van der Waals surface area contributed by atoms with E-state index in [1.54, 1.807) is 18.7 Å². The minimum atomic E-state index is -1.23. The van der Waals surface area contributed by atoms with Gasteiger partial charge in [-0.05, 0) is 13.0 Å². The van der Waals surface area contributed by atoms with Crippen LogP contribution in [0, 0.1) is 5.92 Å². The largest absolute Gasteiger partial charge is 1.00 e. The topological polar surface area (TPSA) is 75.7 Å². The van der Waals surface area contributed by atoms with Crippen molar-refractivity contribution in [2.24, 2.45) is 5.92 Å². The third kappa shape index (κ3) is 4.89. The summed E-state index contributed by atoms with van der Waals surface area (Å²) in [6.07, 6.45) is 0. The van der Waals surface area contributed by atoms with E-state index in [0.29, 0.717) is 13.1 Å². The van der Waals surface area contributed by atoms with E-state index >= 15 is 0 Å². The standard InChI is InChI=1S/C11H21N3O3.Li/c1-8(2)9(10(15)16)12-11(17)14-6-4-13(3)5-7-14;/h8-9H,4-7H2,1-3H3,(H,12,17)(H,15,16);/q;+1/p-1/t9-;/m0./s1. The van der Waals surface area contributed by atoms with Gasteiger partial charge in [-0.15, -0.1) is 0 Å². The van der Waals surface area contributed by atoms with Gasteiger partial charge in [-0.25, -0.2) is 4.79 Å². The summed E-state index contributed by atoms with van der Waals surface area (Å²) < 4.78 is 0. The number of nitrogens with zero attached hydrogens (tertiary/aromatic N) is 2. The molecular weight excluding hydrogens is 229 g/mol. The maximum Gasteiger partial charge on any atom is 1.00 e. The van der Waals surface area contributed by atoms with Crippen LogP contribution in [0.25, 0.3) is 0 Å². The van der Waals surface area contributed by atoms with Gasteiger partial charge in [-0.2, -0.15) is 0 Å². The molecule has 0 aromatic rings. The number of carboxylic acids is 1. The number of likely N-dealkylation sites (N-methyl/N-ethyl adjacent to an activating group) is 1. The molecule has 18 heavy (non-hydrogen) atoms. The number of hydrogen-bond acceptors (Lipinski definition) is 4. The van der Waals surface area contributed by atoms with Crippen molar-refractivity contribution in [3.05, 3.63) is 0 Å². The van der Waals surface area contributed by atoms with E-state index < -0.39 is 12.0 Å². The third-order valence-electron chi connectivity index (χ3n) is 2.99. The van der Waals surface area contributed by atoms with Gasteiger partial charge in [0.1, 0.15) is 0 Å². The summed E-state index contributed by atoms with van der Waals surface area (Å²) >= 11 is 0. The molecule has 7 heteroatoms. The van der Waals surface area contributed by atoms with Gasteiger partial charge in [0.15, 0.2) is 0 Å². The Labute approximate surface area is 120 Å². The van der Waals surface area contributed by atoms with Gasteiger partial charge in [-0.3, -0.25) is 0 Å². The number of aliphatic carboxylic acids is 1. The van der Waals surface area contributed by atoms with Crippen LogP contribution < -0.4 is 29.3 Å². The molecule has 6 nitrogen and oxygen atoms in total. The molecule has 1 fully saturated rings. The van der Waals surface area contributed by atoms with Crippen molar-refractivity contribution in [2.75, 3.05) is 33.2 Å². The van der Waals surface area contributed by atoms with Crippen LogP contribution in [0.5, 0.6) is 0 Å². The summed E-state index contributed by atoms with van der Waals surface area (Å²) in [6, 6.07) is -1.25. The first-order valence-electron chi connectivity index (χ1n) is 5.86. The van der Waals surface area contributed by atoms with E-state index in [1.165, 1.54) is 0 Å². The number of hydrogen-bond donors (Lipinski definition) is 1. The zero-order valence-electron chi connectivity index (χ0n) is 11.6. The molecule has 0 bridgehead atoms. The Morgan fingerprint density at radius 1 is 1.17 bits per heavy atom.